The van der Waals surface area contributed by atoms with Crippen LogP contribution in [0, 0.1) is 6.92 Å². The van der Waals surface area contributed by atoms with Gasteiger partial charge in [-0.1, -0.05) is 26.2 Å². The zero-order valence-electron chi connectivity index (χ0n) is 12.1. The summed E-state index contributed by atoms with van der Waals surface area (Å²) in [5.41, 5.74) is 6.24. The molecule has 4 nitrogen and oxygen atoms in total. The van der Waals surface area contributed by atoms with Gasteiger partial charge in [-0.3, -0.25) is 0 Å². The molecule has 5 heteroatoms. The van der Waals surface area contributed by atoms with Crippen molar-refractivity contribution in [1.82, 2.24) is 4.98 Å². The third-order valence-corrected chi connectivity index (χ3v) is 4.13. The van der Waals surface area contributed by atoms with Gasteiger partial charge in [0, 0.05) is 6.54 Å². The van der Waals surface area contributed by atoms with E-state index in [9.17, 15) is 4.79 Å². The van der Waals surface area contributed by atoms with Crippen molar-refractivity contribution in [3.8, 4) is 0 Å². The third-order valence-electron chi connectivity index (χ3n) is 2.97. The molecule has 1 rings (SSSR count). The standard InChI is InChI=1S/C14H24N2O2S/c1-4-5-6-7-8-10(2)18-14(17)13-11(3)16-12(9-15)19-13/h10H,4-9,15H2,1-3H3. The smallest absolute Gasteiger partial charge is 0.350 e. The lowest BCUT2D eigenvalue weighted by molar-refractivity contribution is 0.0324. The molecule has 1 aromatic rings. The number of rotatable bonds is 8. The van der Waals surface area contributed by atoms with Crippen LogP contribution in [0.25, 0.3) is 0 Å². The first kappa shape index (κ1) is 16.1. The van der Waals surface area contributed by atoms with Crippen molar-refractivity contribution in [3.63, 3.8) is 0 Å². The molecule has 0 saturated heterocycles. The first-order valence-corrected chi connectivity index (χ1v) is 7.77. The Hall–Kier alpha value is -0.940. The van der Waals surface area contributed by atoms with Crippen LogP contribution in [-0.4, -0.2) is 17.1 Å². The van der Waals surface area contributed by atoms with E-state index in [0.29, 0.717) is 17.1 Å². The van der Waals surface area contributed by atoms with Crippen molar-refractivity contribution in [3.05, 3.63) is 15.6 Å². The molecule has 1 aromatic heterocycles. The van der Waals surface area contributed by atoms with E-state index in [1.54, 1.807) is 0 Å². The normalized spacial score (nSPS) is 12.4. The largest absolute Gasteiger partial charge is 0.458 e. The predicted octanol–water partition coefficient (Wildman–Crippen LogP) is 3.43. The van der Waals surface area contributed by atoms with E-state index >= 15 is 0 Å². The lowest BCUT2D eigenvalue weighted by atomic mass is 10.1. The fourth-order valence-electron chi connectivity index (χ4n) is 1.88. The number of ether oxygens (including phenoxy) is 1. The quantitative estimate of drug-likeness (QED) is 0.586. The van der Waals surface area contributed by atoms with E-state index in [4.69, 9.17) is 10.5 Å². The fourth-order valence-corrected chi connectivity index (χ4v) is 2.71. The van der Waals surface area contributed by atoms with Crippen LogP contribution in [-0.2, 0) is 11.3 Å². The molecule has 1 atom stereocenters. The maximum Gasteiger partial charge on any atom is 0.350 e. The van der Waals surface area contributed by atoms with E-state index in [0.717, 1.165) is 17.8 Å². The van der Waals surface area contributed by atoms with Crippen molar-refractivity contribution in [2.75, 3.05) is 0 Å². The molecule has 0 fully saturated rings. The Bertz CT molecular complexity index is 404. The minimum absolute atomic E-state index is 0.0350. The van der Waals surface area contributed by atoms with E-state index in [2.05, 4.69) is 11.9 Å². The van der Waals surface area contributed by atoms with Crippen molar-refractivity contribution in [2.24, 2.45) is 5.73 Å². The highest BCUT2D eigenvalue weighted by atomic mass is 32.1. The highest BCUT2D eigenvalue weighted by Crippen LogP contribution is 2.20. The van der Waals surface area contributed by atoms with Gasteiger partial charge in [0.15, 0.2) is 0 Å². The molecule has 0 amide bonds. The van der Waals surface area contributed by atoms with Gasteiger partial charge < -0.3 is 10.5 Å². The molecule has 0 aliphatic heterocycles. The molecular weight excluding hydrogens is 260 g/mol. The number of carbonyl (C=O) groups is 1. The van der Waals surface area contributed by atoms with Crippen molar-refractivity contribution >= 4 is 17.3 Å². The number of nitrogens with zero attached hydrogens (tertiary/aromatic N) is 1. The number of hydrogen-bond acceptors (Lipinski definition) is 5. The Balaban J connectivity index is 2.42. The Kier molecular flexibility index (Phi) is 7.02. The lowest BCUT2D eigenvalue weighted by Gasteiger charge is -2.12. The van der Waals surface area contributed by atoms with Gasteiger partial charge in [-0.05, 0) is 26.7 Å². The Labute approximate surface area is 119 Å². The van der Waals surface area contributed by atoms with Crippen LogP contribution in [0.3, 0.4) is 0 Å². The maximum atomic E-state index is 12.0. The van der Waals surface area contributed by atoms with Crippen LogP contribution >= 0.6 is 11.3 Å². The molecule has 0 saturated carbocycles. The first-order valence-electron chi connectivity index (χ1n) is 6.95. The molecule has 1 heterocycles. The maximum absolute atomic E-state index is 12.0. The number of thiazole rings is 1. The number of aryl methyl sites for hydroxylation is 1. The monoisotopic (exact) mass is 284 g/mol. The second-order valence-corrected chi connectivity index (χ2v) is 5.88. The van der Waals surface area contributed by atoms with Crippen molar-refractivity contribution in [2.45, 2.75) is 65.5 Å². The molecule has 1 unspecified atom stereocenters. The van der Waals surface area contributed by atoms with Crippen LogP contribution in [0.5, 0.6) is 0 Å². The predicted molar refractivity (Wildman–Crippen MR) is 78.4 cm³/mol. The summed E-state index contributed by atoms with van der Waals surface area (Å²) in [5, 5.41) is 0.778. The van der Waals surface area contributed by atoms with E-state index in [1.165, 1.54) is 30.6 Å². The van der Waals surface area contributed by atoms with Crippen LogP contribution in [0.15, 0.2) is 0 Å². The second-order valence-electron chi connectivity index (χ2n) is 4.79. The van der Waals surface area contributed by atoms with Gasteiger partial charge in [0.05, 0.1) is 11.8 Å². The van der Waals surface area contributed by atoms with Crippen LogP contribution in [0.4, 0.5) is 0 Å². The molecule has 0 aliphatic carbocycles. The number of nitrogens with two attached hydrogens (primary N) is 1. The molecular formula is C14H24N2O2S. The number of carbonyl (C=O) groups excluding carboxylic acids is 1. The molecule has 0 aliphatic rings. The molecule has 108 valence electrons. The minimum atomic E-state index is -0.266. The second kappa shape index (κ2) is 8.27. The first-order chi connectivity index (χ1) is 9.08. The third kappa shape index (κ3) is 5.28. The number of unbranched alkanes of at least 4 members (excludes halogenated alkanes) is 3. The summed E-state index contributed by atoms with van der Waals surface area (Å²) in [6, 6.07) is 0. The zero-order chi connectivity index (χ0) is 14.3. The summed E-state index contributed by atoms with van der Waals surface area (Å²) < 4.78 is 5.45. The van der Waals surface area contributed by atoms with Crippen LogP contribution in [0.1, 0.15) is 66.3 Å². The average Bonchev–Trinajstić information content (AvgIpc) is 2.76. The van der Waals surface area contributed by atoms with Crippen molar-refractivity contribution < 1.29 is 9.53 Å². The van der Waals surface area contributed by atoms with Crippen LogP contribution in [0.2, 0.25) is 0 Å². The number of esters is 1. The molecule has 0 aromatic carbocycles. The average molecular weight is 284 g/mol. The van der Waals surface area contributed by atoms with Gasteiger partial charge in [-0.25, -0.2) is 9.78 Å². The molecule has 2 N–H and O–H groups in total. The number of aromatic nitrogens is 1. The van der Waals surface area contributed by atoms with Gasteiger partial charge >= 0.3 is 5.97 Å². The fraction of sp³-hybridized carbons (Fsp3) is 0.714. The zero-order valence-corrected chi connectivity index (χ0v) is 12.9. The molecule has 0 radical (unpaired) electrons. The van der Waals surface area contributed by atoms with Crippen LogP contribution < -0.4 is 5.73 Å². The van der Waals surface area contributed by atoms with E-state index in [-0.39, 0.29) is 12.1 Å². The van der Waals surface area contributed by atoms with Gasteiger partial charge in [0.2, 0.25) is 0 Å². The highest BCUT2D eigenvalue weighted by Gasteiger charge is 2.18. The van der Waals surface area contributed by atoms with Crippen molar-refractivity contribution in [1.29, 1.82) is 0 Å². The Morgan fingerprint density at radius 2 is 2.16 bits per heavy atom. The summed E-state index contributed by atoms with van der Waals surface area (Å²) in [6.07, 6.45) is 5.66. The van der Waals surface area contributed by atoms with Gasteiger partial charge in [-0.15, -0.1) is 11.3 Å². The number of hydrogen-bond donors (Lipinski definition) is 1. The molecule has 0 spiro atoms. The summed E-state index contributed by atoms with van der Waals surface area (Å²) in [6.45, 7) is 6.32. The van der Waals surface area contributed by atoms with Gasteiger partial charge in [-0.2, -0.15) is 0 Å². The topological polar surface area (TPSA) is 65.2 Å². The summed E-state index contributed by atoms with van der Waals surface area (Å²) in [4.78, 5) is 16.8. The lowest BCUT2D eigenvalue weighted by Crippen LogP contribution is -2.14. The van der Waals surface area contributed by atoms with E-state index in [1.807, 2.05) is 13.8 Å². The molecule has 0 bridgehead atoms. The SMILES string of the molecule is CCCCCCC(C)OC(=O)c1sc(CN)nc1C. The summed E-state index contributed by atoms with van der Waals surface area (Å²) in [5.74, 6) is -0.266. The highest BCUT2D eigenvalue weighted by molar-refractivity contribution is 7.13. The summed E-state index contributed by atoms with van der Waals surface area (Å²) in [7, 11) is 0. The van der Waals surface area contributed by atoms with E-state index < -0.39 is 0 Å². The minimum Gasteiger partial charge on any atom is -0.458 e. The molecule has 19 heavy (non-hydrogen) atoms. The Morgan fingerprint density at radius 3 is 2.74 bits per heavy atom. The summed E-state index contributed by atoms with van der Waals surface area (Å²) >= 11 is 1.33. The van der Waals surface area contributed by atoms with Gasteiger partial charge in [0.1, 0.15) is 9.88 Å². The Morgan fingerprint density at radius 1 is 1.42 bits per heavy atom. The van der Waals surface area contributed by atoms with Gasteiger partial charge in [0.25, 0.3) is 0 Å².